The fraction of sp³-hybridized carbons (Fsp3) is 0.0769. The molecule has 0 aliphatic heterocycles. The van der Waals surface area contributed by atoms with Crippen molar-refractivity contribution < 1.29 is 0 Å². The van der Waals surface area contributed by atoms with Crippen molar-refractivity contribution in [1.29, 1.82) is 0 Å². The molecule has 0 nitrogen and oxygen atoms in total. The summed E-state index contributed by atoms with van der Waals surface area (Å²) in [6.45, 7) is 2.16. The third-order valence-corrected chi connectivity index (χ3v) is 3.09. The van der Waals surface area contributed by atoms with Gasteiger partial charge in [-0.3, -0.25) is 0 Å². The van der Waals surface area contributed by atoms with Crippen molar-refractivity contribution in [1.82, 2.24) is 0 Å². The Kier molecular flexibility index (Phi) is 2.65. The number of hydrogen-bond acceptors (Lipinski definition) is 0. The molecule has 0 N–H and O–H groups in total. The van der Waals surface area contributed by atoms with Crippen LogP contribution in [0.15, 0.2) is 48.5 Å². The van der Waals surface area contributed by atoms with E-state index in [4.69, 9.17) is 0 Å². The first-order valence-corrected chi connectivity index (χ1v) is 5.27. The zero-order valence-electron chi connectivity index (χ0n) is 8.20. The molecule has 0 heterocycles. The summed E-state index contributed by atoms with van der Waals surface area (Å²) in [5.41, 5.74) is 3.94. The Morgan fingerprint density at radius 2 is 1.57 bits per heavy atom. The second-order valence-electron chi connectivity index (χ2n) is 3.39. The molecule has 0 saturated carbocycles. The first-order valence-electron chi connectivity index (χ1n) is 4.69. The Labute approximate surface area is 87.2 Å². The molecule has 2 aromatic carbocycles. The van der Waals surface area contributed by atoms with Gasteiger partial charge in [0.05, 0.1) is 0 Å². The molecule has 14 heavy (non-hydrogen) atoms. The minimum absolute atomic E-state index is 1.27. The molecule has 0 amide bonds. The molecule has 0 saturated heterocycles. The molecule has 0 aliphatic carbocycles. The number of hydrogen-bond donors (Lipinski definition) is 0. The van der Waals surface area contributed by atoms with Gasteiger partial charge in [-0.2, -0.15) is 0 Å². The lowest BCUT2D eigenvalue weighted by Gasteiger charge is -2.07. The highest BCUT2D eigenvalue weighted by molar-refractivity contribution is 7.27. The Bertz CT molecular complexity index is 432. The van der Waals surface area contributed by atoms with Crippen LogP contribution in [0.3, 0.4) is 0 Å². The van der Waals surface area contributed by atoms with Gasteiger partial charge in [0.15, 0.2) is 0 Å². The highest BCUT2D eigenvalue weighted by Gasteiger charge is 2.01. The Hall–Kier alpha value is -1.13. The molecule has 0 aromatic heterocycles. The Morgan fingerprint density at radius 1 is 0.857 bits per heavy atom. The lowest BCUT2D eigenvalue weighted by atomic mass is 10.0. The molecule has 0 bridgehead atoms. The van der Waals surface area contributed by atoms with E-state index in [9.17, 15) is 0 Å². The lowest BCUT2D eigenvalue weighted by molar-refractivity contribution is 1.50. The van der Waals surface area contributed by atoms with Crippen molar-refractivity contribution in [3.63, 3.8) is 0 Å². The third kappa shape index (κ3) is 1.71. The maximum atomic E-state index is 2.77. The van der Waals surface area contributed by atoms with Crippen LogP contribution in [0, 0.1) is 6.92 Å². The van der Waals surface area contributed by atoms with Crippen molar-refractivity contribution >= 4 is 14.5 Å². The Morgan fingerprint density at radius 3 is 2.29 bits per heavy atom. The molecule has 2 rings (SSSR count). The number of benzene rings is 2. The highest BCUT2D eigenvalue weighted by atomic mass is 31.0. The largest absolute Gasteiger partial charge is 0.105 e. The summed E-state index contributed by atoms with van der Waals surface area (Å²) in [4.78, 5) is 0. The average Bonchev–Trinajstić information content (AvgIpc) is 2.23. The van der Waals surface area contributed by atoms with Gasteiger partial charge < -0.3 is 0 Å². The van der Waals surface area contributed by atoms with Crippen molar-refractivity contribution in [2.24, 2.45) is 0 Å². The molecule has 0 radical (unpaired) electrons. The van der Waals surface area contributed by atoms with Crippen LogP contribution >= 0.6 is 9.24 Å². The van der Waals surface area contributed by atoms with Crippen LogP contribution < -0.4 is 5.30 Å². The van der Waals surface area contributed by atoms with Gasteiger partial charge in [0, 0.05) is 0 Å². The van der Waals surface area contributed by atoms with Crippen LogP contribution in [0.4, 0.5) is 0 Å². The number of rotatable bonds is 1. The van der Waals surface area contributed by atoms with E-state index < -0.39 is 0 Å². The summed E-state index contributed by atoms with van der Waals surface area (Å²) in [5, 5.41) is 1.27. The van der Waals surface area contributed by atoms with Crippen LogP contribution in [0.25, 0.3) is 11.1 Å². The van der Waals surface area contributed by atoms with Gasteiger partial charge in [0.1, 0.15) is 0 Å². The molecule has 0 spiro atoms. The van der Waals surface area contributed by atoms with E-state index in [1.54, 1.807) is 0 Å². The summed E-state index contributed by atoms with van der Waals surface area (Å²) in [6, 6.07) is 16.9. The SMILES string of the molecule is Cc1c(P)cccc1-c1ccccc1. The van der Waals surface area contributed by atoms with Crippen LogP contribution in [-0.2, 0) is 0 Å². The van der Waals surface area contributed by atoms with Gasteiger partial charge in [0.25, 0.3) is 0 Å². The van der Waals surface area contributed by atoms with Crippen LogP contribution in [-0.4, -0.2) is 0 Å². The third-order valence-electron chi connectivity index (χ3n) is 2.46. The molecular formula is C13H13P. The molecule has 1 unspecified atom stereocenters. The standard InChI is InChI=1S/C13H13P/c1-10-12(8-5-9-13(10)14)11-6-3-2-4-7-11/h2-9H,14H2,1H3. The zero-order chi connectivity index (χ0) is 9.97. The predicted molar refractivity (Wildman–Crippen MR) is 66.0 cm³/mol. The predicted octanol–water partition coefficient (Wildman–Crippen LogP) is 3.16. The first kappa shape index (κ1) is 9.43. The van der Waals surface area contributed by atoms with Crippen molar-refractivity contribution in [3.05, 3.63) is 54.1 Å². The van der Waals surface area contributed by atoms with E-state index in [0.717, 1.165) is 0 Å². The topological polar surface area (TPSA) is 0 Å². The summed E-state index contributed by atoms with van der Waals surface area (Å²) < 4.78 is 0. The molecular weight excluding hydrogens is 187 g/mol. The van der Waals surface area contributed by atoms with E-state index in [-0.39, 0.29) is 0 Å². The maximum absolute atomic E-state index is 2.77. The van der Waals surface area contributed by atoms with Crippen molar-refractivity contribution in [2.75, 3.05) is 0 Å². The van der Waals surface area contributed by atoms with Crippen LogP contribution in [0.5, 0.6) is 0 Å². The van der Waals surface area contributed by atoms with Gasteiger partial charge >= 0.3 is 0 Å². The molecule has 0 fully saturated rings. The normalized spacial score (nSPS) is 10.1. The van der Waals surface area contributed by atoms with Gasteiger partial charge in [-0.1, -0.05) is 48.5 Å². The van der Waals surface area contributed by atoms with Gasteiger partial charge in [-0.05, 0) is 28.9 Å². The smallest absolute Gasteiger partial charge is 0.0149 e. The second kappa shape index (κ2) is 3.94. The van der Waals surface area contributed by atoms with E-state index in [1.165, 1.54) is 22.0 Å². The van der Waals surface area contributed by atoms with E-state index >= 15 is 0 Å². The molecule has 1 atom stereocenters. The first-order chi connectivity index (χ1) is 6.79. The van der Waals surface area contributed by atoms with Gasteiger partial charge in [0.2, 0.25) is 0 Å². The van der Waals surface area contributed by atoms with Gasteiger partial charge in [-0.15, -0.1) is 9.24 Å². The summed E-state index contributed by atoms with van der Waals surface area (Å²) in [5.74, 6) is 0. The van der Waals surface area contributed by atoms with E-state index in [2.05, 4.69) is 58.6 Å². The summed E-state index contributed by atoms with van der Waals surface area (Å²) in [6.07, 6.45) is 0. The van der Waals surface area contributed by atoms with Crippen LogP contribution in [0.1, 0.15) is 5.56 Å². The molecule has 1 heteroatoms. The van der Waals surface area contributed by atoms with Crippen molar-refractivity contribution in [2.45, 2.75) is 6.92 Å². The average molecular weight is 200 g/mol. The fourth-order valence-corrected chi connectivity index (χ4v) is 1.85. The Balaban J connectivity index is 2.58. The fourth-order valence-electron chi connectivity index (χ4n) is 1.58. The second-order valence-corrected chi connectivity index (χ2v) is 4.01. The monoisotopic (exact) mass is 200 g/mol. The maximum Gasteiger partial charge on any atom is -0.0149 e. The van der Waals surface area contributed by atoms with E-state index in [0.29, 0.717) is 0 Å². The molecule has 0 aliphatic rings. The quantitative estimate of drug-likeness (QED) is 0.620. The highest BCUT2D eigenvalue weighted by Crippen LogP contribution is 2.22. The lowest BCUT2D eigenvalue weighted by Crippen LogP contribution is -1.97. The summed E-state index contributed by atoms with van der Waals surface area (Å²) >= 11 is 0. The van der Waals surface area contributed by atoms with Crippen molar-refractivity contribution in [3.8, 4) is 11.1 Å². The van der Waals surface area contributed by atoms with Crippen LogP contribution in [0.2, 0.25) is 0 Å². The minimum Gasteiger partial charge on any atom is -0.105 e. The van der Waals surface area contributed by atoms with Gasteiger partial charge in [-0.25, -0.2) is 0 Å². The minimum atomic E-state index is 1.27. The van der Waals surface area contributed by atoms with E-state index in [1.807, 2.05) is 6.07 Å². The molecule has 2 aromatic rings. The summed E-state index contributed by atoms with van der Waals surface area (Å²) in [7, 11) is 2.77. The molecule has 70 valence electrons. The zero-order valence-corrected chi connectivity index (χ0v) is 9.35.